The normalized spacial score (nSPS) is 38.6. The van der Waals surface area contributed by atoms with Crippen molar-refractivity contribution in [3.8, 4) is 11.8 Å². The van der Waals surface area contributed by atoms with Crippen molar-refractivity contribution in [3.63, 3.8) is 0 Å². The second-order valence-corrected chi connectivity index (χ2v) is 15.4. The third kappa shape index (κ3) is 3.71. The standard InChI is InChI=1S/C32H35FN8O5/c1-30(2,3)23(36-29-39-38-25(45-29)14-6-7-14)27(43)40-12-17-16-10-32(33)20(16)21(32)19(17)22(40)26(42)41-13-31(9-15(41)11-34)28(44)37-24-18(46-31)5-4-8-35-24/h4-5,8,14-17,19-23H,6-7,9-10,12-13H2,1-3H3,(H,36,39)(H,35,37,44)/t15-,16-,17+,19+,20?,21+,22-,23+,31+,32+/m0/s1. The van der Waals surface area contributed by atoms with Crippen molar-refractivity contribution in [1.82, 2.24) is 25.0 Å². The van der Waals surface area contributed by atoms with Crippen molar-refractivity contribution in [2.45, 2.75) is 81.8 Å². The van der Waals surface area contributed by atoms with Crippen LogP contribution in [0.5, 0.6) is 5.75 Å². The van der Waals surface area contributed by atoms with Crippen LogP contribution in [0.1, 0.15) is 58.3 Å². The maximum absolute atomic E-state index is 15.7. The van der Waals surface area contributed by atoms with E-state index in [4.69, 9.17) is 9.15 Å². The van der Waals surface area contributed by atoms with E-state index in [1.54, 1.807) is 17.0 Å². The molecule has 10 atom stereocenters. The lowest BCUT2D eigenvalue weighted by atomic mass is 9.69. The van der Waals surface area contributed by atoms with E-state index in [0.29, 0.717) is 24.6 Å². The second-order valence-electron chi connectivity index (χ2n) is 15.4. The second kappa shape index (κ2) is 8.95. The Balaban J connectivity index is 1.04. The summed E-state index contributed by atoms with van der Waals surface area (Å²) >= 11 is 0. The molecule has 2 aromatic heterocycles. The lowest BCUT2D eigenvalue weighted by Crippen LogP contribution is -2.58. The number of ether oxygens (including phenoxy) is 1. The van der Waals surface area contributed by atoms with E-state index in [1.807, 2.05) is 20.8 Å². The third-order valence-corrected chi connectivity index (χ3v) is 11.7. The molecule has 13 nitrogen and oxygen atoms in total. The Morgan fingerprint density at radius 3 is 2.74 bits per heavy atom. The fourth-order valence-corrected chi connectivity index (χ4v) is 9.38. The Kier molecular flexibility index (Phi) is 5.44. The van der Waals surface area contributed by atoms with Gasteiger partial charge in [0.1, 0.15) is 23.8 Å². The number of hydrogen-bond donors (Lipinski definition) is 2. The molecule has 1 unspecified atom stereocenters. The zero-order valence-electron chi connectivity index (χ0n) is 25.8. The molecule has 3 amide bonds. The molecule has 14 heteroatoms. The first-order valence-electron chi connectivity index (χ1n) is 16.2. The van der Waals surface area contributed by atoms with Crippen LogP contribution in [0.3, 0.4) is 0 Å². The van der Waals surface area contributed by atoms with Crippen LogP contribution < -0.4 is 15.4 Å². The molecule has 3 aliphatic heterocycles. The zero-order valence-corrected chi connectivity index (χ0v) is 25.8. The number of fused-ring (bicyclic) bond motifs is 5. The van der Waals surface area contributed by atoms with E-state index in [0.717, 1.165) is 12.8 Å². The summed E-state index contributed by atoms with van der Waals surface area (Å²) in [6, 6.07) is 2.91. The smallest absolute Gasteiger partial charge is 0.316 e. The molecular weight excluding hydrogens is 595 g/mol. The molecule has 5 heterocycles. The number of alkyl halides is 1. The maximum Gasteiger partial charge on any atom is 0.316 e. The van der Waals surface area contributed by atoms with Gasteiger partial charge in [-0.1, -0.05) is 25.9 Å². The van der Waals surface area contributed by atoms with Gasteiger partial charge in [0.15, 0.2) is 11.6 Å². The maximum atomic E-state index is 15.7. The number of nitriles is 1. The number of anilines is 2. The van der Waals surface area contributed by atoms with Crippen molar-refractivity contribution in [2.24, 2.45) is 35.0 Å². The van der Waals surface area contributed by atoms with Gasteiger partial charge in [0.2, 0.25) is 23.3 Å². The van der Waals surface area contributed by atoms with Gasteiger partial charge in [-0.05, 0) is 54.6 Å². The van der Waals surface area contributed by atoms with Gasteiger partial charge in [-0.2, -0.15) is 5.26 Å². The molecule has 0 bridgehead atoms. The topological polar surface area (TPSA) is 167 Å². The van der Waals surface area contributed by atoms with Crippen molar-refractivity contribution >= 4 is 29.6 Å². The molecule has 7 aliphatic rings. The Morgan fingerprint density at radius 2 is 2.00 bits per heavy atom. The van der Waals surface area contributed by atoms with Gasteiger partial charge in [0, 0.05) is 36.9 Å². The number of aromatic nitrogens is 3. The summed E-state index contributed by atoms with van der Waals surface area (Å²) in [4.78, 5) is 49.9. The molecule has 2 aromatic rings. The molecule has 240 valence electrons. The SMILES string of the molecule is CC(C)(C)[C@H](Nc1nnc(C2CC2)o1)C(=O)N1C[C@H]2[C@@H]([C@H]1C(=O)N1C[C@@]3(C[C@H]1C#N)Oc1cccnc1NC3=O)[C@@H]1C3[C@H]2C[C@@]31F. The van der Waals surface area contributed by atoms with Crippen LogP contribution in [0.15, 0.2) is 22.7 Å². The minimum atomic E-state index is -1.49. The Labute approximate surface area is 264 Å². The molecule has 46 heavy (non-hydrogen) atoms. The predicted octanol–water partition coefficient (Wildman–Crippen LogP) is 2.49. The summed E-state index contributed by atoms with van der Waals surface area (Å²) < 4.78 is 27.7. The minimum absolute atomic E-state index is 0.0136. The molecule has 6 fully saturated rings. The zero-order chi connectivity index (χ0) is 31.9. The summed E-state index contributed by atoms with van der Waals surface area (Å²) in [7, 11) is 0. The summed E-state index contributed by atoms with van der Waals surface area (Å²) in [5, 5.41) is 24.4. The van der Waals surface area contributed by atoms with E-state index in [9.17, 15) is 19.6 Å². The van der Waals surface area contributed by atoms with Gasteiger partial charge in [-0.3, -0.25) is 14.4 Å². The Bertz CT molecular complexity index is 1730. The van der Waals surface area contributed by atoms with Crippen molar-refractivity contribution < 1.29 is 27.9 Å². The number of rotatable bonds is 5. The van der Waals surface area contributed by atoms with Crippen LogP contribution in [0, 0.1) is 46.3 Å². The number of nitrogens with one attached hydrogen (secondary N) is 2. The minimum Gasteiger partial charge on any atom is -0.472 e. The van der Waals surface area contributed by atoms with Gasteiger partial charge >= 0.3 is 6.01 Å². The van der Waals surface area contributed by atoms with E-state index in [-0.39, 0.29) is 66.2 Å². The number of amides is 3. The summed E-state index contributed by atoms with van der Waals surface area (Å²) in [6.45, 7) is 5.90. The molecule has 0 radical (unpaired) electrons. The highest BCUT2D eigenvalue weighted by Crippen LogP contribution is 2.83. The molecule has 2 saturated heterocycles. The number of pyridine rings is 1. The number of halogens is 1. The van der Waals surface area contributed by atoms with Crippen molar-refractivity contribution in [3.05, 3.63) is 24.2 Å². The molecule has 2 N–H and O–H groups in total. The number of nitrogens with zero attached hydrogens (tertiary/aromatic N) is 6. The Hall–Kier alpha value is -4.28. The first-order valence-corrected chi connectivity index (χ1v) is 16.2. The first kappa shape index (κ1) is 28.0. The van der Waals surface area contributed by atoms with Gasteiger partial charge in [0.25, 0.3) is 5.91 Å². The van der Waals surface area contributed by atoms with E-state index in [1.165, 1.54) is 11.1 Å². The quantitative estimate of drug-likeness (QED) is 0.501. The number of hydrogen-bond acceptors (Lipinski definition) is 10. The molecule has 1 spiro atoms. The van der Waals surface area contributed by atoms with Crippen LogP contribution in [0.2, 0.25) is 0 Å². The fourth-order valence-electron chi connectivity index (χ4n) is 9.38. The van der Waals surface area contributed by atoms with Gasteiger partial charge in [0.05, 0.1) is 12.6 Å². The monoisotopic (exact) mass is 630 g/mol. The van der Waals surface area contributed by atoms with Gasteiger partial charge in [-0.15, -0.1) is 5.10 Å². The van der Waals surface area contributed by atoms with Crippen molar-refractivity contribution in [2.75, 3.05) is 23.7 Å². The van der Waals surface area contributed by atoms with E-state index in [2.05, 4.69) is 31.9 Å². The van der Waals surface area contributed by atoms with Gasteiger partial charge < -0.3 is 29.6 Å². The fraction of sp³-hybridized carbons (Fsp3) is 0.656. The van der Waals surface area contributed by atoms with E-state index < -0.39 is 46.6 Å². The number of carbonyl (C=O) groups excluding carboxylic acids is 3. The highest BCUT2D eigenvalue weighted by Gasteiger charge is 2.87. The molecule has 4 saturated carbocycles. The number of likely N-dealkylation sites (tertiary alicyclic amines) is 2. The highest BCUT2D eigenvalue weighted by atomic mass is 19.1. The summed E-state index contributed by atoms with van der Waals surface area (Å²) in [5.41, 5.74) is -3.39. The average Bonchev–Trinajstić information content (AvgIpc) is 3.59. The Morgan fingerprint density at radius 1 is 1.20 bits per heavy atom. The summed E-state index contributed by atoms with van der Waals surface area (Å²) in [6.07, 6.45) is 3.93. The summed E-state index contributed by atoms with van der Waals surface area (Å²) in [5.74, 6) is -0.458. The molecule has 0 aromatic carbocycles. The van der Waals surface area contributed by atoms with Crippen LogP contribution in [0.4, 0.5) is 16.2 Å². The first-order chi connectivity index (χ1) is 21.9. The van der Waals surface area contributed by atoms with Crippen molar-refractivity contribution in [1.29, 1.82) is 5.26 Å². The van der Waals surface area contributed by atoms with Gasteiger partial charge in [-0.25, -0.2) is 9.37 Å². The molecular formula is C32H35FN8O5. The van der Waals surface area contributed by atoms with Crippen LogP contribution in [-0.4, -0.2) is 85.2 Å². The third-order valence-electron chi connectivity index (χ3n) is 11.7. The average molecular weight is 631 g/mol. The lowest BCUT2D eigenvalue weighted by molar-refractivity contribution is -0.147. The lowest BCUT2D eigenvalue weighted by Gasteiger charge is -2.38. The molecule has 9 rings (SSSR count). The van der Waals surface area contributed by atoms with Crippen LogP contribution in [0.25, 0.3) is 0 Å². The number of carbonyl (C=O) groups is 3. The van der Waals surface area contributed by atoms with Crippen LogP contribution in [-0.2, 0) is 14.4 Å². The highest BCUT2D eigenvalue weighted by molar-refractivity contribution is 6.01. The largest absolute Gasteiger partial charge is 0.472 e. The molecule has 4 aliphatic carbocycles. The van der Waals surface area contributed by atoms with Crippen LogP contribution >= 0.6 is 0 Å². The predicted molar refractivity (Wildman–Crippen MR) is 157 cm³/mol. The van der Waals surface area contributed by atoms with E-state index >= 15 is 4.39 Å².